The zero-order chi connectivity index (χ0) is 15.5. The van der Waals surface area contributed by atoms with Crippen LogP contribution in [-0.2, 0) is 6.61 Å². The van der Waals surface area contributed by atoms with Gasteiger partial charge in [0.1, 0.15) is 12.4 Å². The molecule has 0 amide bonds. The van der Waals surface area contributed by atoms with Crippen molar-refractivity contribution in [3.63, 3.8) is 0 Å². The highest BCUT2D eigenvalue weighted by atomic mass is 32.1. The lowest BCUT2D eigenvalue weighted by Gasteiger charge is -2.11. The van der Waals surface area contributed by atoms with Crippen LogP contribution < -0.4 is 10.5 Å². The highest BCUT2D eigenvalue weighted by Crippen LogP contribution is 2.29. The lowest BCUT2D eigenvalue weighted by atomic mass is 10.1. The van der Waals surface area contributed by atoms with Crippen molar-refractivity contribution >= 4 is 17.0 Å². The summed E-state index contributed by atoms with van der Waals surface area (Å²) in [5, 5.41) is 3.09. The van der Waals surface area contributed by atoms with E-state index in [9.17, 15) is 0 Å². The molecule has 112 valence electrons. The molecule has 3 rings (SSSR count). The maximum absolute atomic E-state index is 6.12. The second-order valence-electron chi connectivity index (χ2n) is 5.22. The molecule has 0 atom stereocenters. The molecule has 1 heterocycles. The van der Waals surface area contributed by atoms with Crippen molar-refractivity contribution < 1.29 is 4.74 Å². The van der Waals surface area contributed by atoms with Gasteiger partial charge in [-0.15, -0.1) is 11.3 Å². The van der Waals surface area contributed by atoms with Gasteiger partial charge in [0.15, 0.2) is 0 Å². The first-order chi connectivity index (χ1) is 10.6. The van der Waals surface area contributed by atoms with Gasteiger partial charge in [-0.2, -0.15) is 0 Å². The first-order valence-corrected chi connectivity index (χ1v) is 8.01. The number of rotatable bonds is 4. The summed E-state index contributed by atoms with van der Waals surface area (Å²) in [5.41, 5.74) is 11.1. The maximum Gasteiger partial charge on any atom is 0.142 e. The van der Waals surface area contributed by atoms with E-state index in [4.69, 9.17) is 10.5 Å². The Labute approximate surface area is 134 Å². The summed E-state index contributed by atoms with van der Waals surface area (Å²) in [4.78, 5) is 4.48. The van der Waals surface area contributed by atoms with Crippen LogP contribution in [0, 0.1) is 13.8 Å². The highest BCUT2D eigenvalue weighted by molar-refractivity contribution is 7.09. The molecule has 3 aromatic rings. The number of thiazole rings is 1. The first kappa shape index (κ1) is 14.6. The number of nitrogen functional groups attached to an aromatic ring is 1. The molecule has 0 fully saturated rings. The van der Waals surface area contributed by atoms with Crippen LogP contribution in [0.5, 0.6) is 5.75 Å². The van der Waals surface area contributed by atoms with Crippen molar-refractivity contribution in [1.82, 2.24) is 4.98 Å². The number of anilines is 1. The highest BCUT2D eigenvalue weighted by Gasteiger charge is 2.07. The number of aryl methyl sites for hydroxylation is 2. The molecule has 0 saturated heterocycles. The summed E-state index contributed by atoms with van der Waals surface area (Å²) >= 11 is 1.64. The fourth-order valence-corrected chi connectivity index (χ4v) is 2.88. The molecule has 22 heavy (non-hydrogen) atoms. The summed E-state index contributed by atoms with van der Waals surface area (Å²) in [6.07, 6.45) is 0. The van der Waals surface area contributed by atoms with Crippen molar-refractivity contribution in [2.24, 2.45) is 0 Å². The fraction of sp³-hybridized carbons (Fsp3) is 0.167. The van der Waals surface area contributed by atoms with Gasteiger partial charge in [-0.05, 0) is 43.2 Å². The fourth-order valence-electron chi connectivity index (χ4n) is 2.26. The standard InChI is InChI=1S/C18H18N2OS/c1-12-5-3-4-6-15(12)10-21-18-8-7-14(9-16(18)19)17-11-22-13(2)20-17/h3-9,11H,10,19H2,1-2H3. The number of hydrogen-bond donors (Lipinski definition) is 1. The van der Waals surface area contributed by atoms with Crippen molar-refractivity contribution in [3.8, 4) is 17.0 Å². The smallest absolute Gasteiger partial charge is 0.142 e. The SMILES string of the molecule is Cc1nc(-c2ccc(OCc3ccccc3C)c(N)c2)cs1. The van der Waals surface area contributed by atoms with Gasteiger partial charge in [0.05, 0.1) is 16.4 Å². The van der Waals surface area contributed by atoms with E-state index in [-0.39, 0.29) is 0 Å². The normalized spacial score (nSPS) is 10.6. The molecule has 0 unspecified atom stereocenters. The van der Waals surface area contributed by atoms with E-state index in [0.717, 1.165) is 16.3 Å². The summed E-state index contributed by atoms with van der Waals surface area (Å²) in [5.74, 6) is 0.707. The Bertz CT molecular complexity index is 795. The summed E-state index contributed by atoms with van der Waals surface area (Å²) in [6, 6.07) is 14.0. The minimum atomic E-state index is 0.520. The van der Waals surface area contributed by atoms with E-state index in [2.05, 4.69) is 24.0 Å². The van der Waals surface area contributed by atoms with Crippen LogP contribution >= 0.6 is 11.3 Å². The molecular weight excluding hydrogens is 292 g/mol. The van der Waals surface area contributed by atoms with Crippen molar-refractivity contribution in [3.05, 3.63) is 64.0 Å². The zero-order valence-electron chi connectivity index (χ0n) is 12.7. The Kier molecular flexibility index (Phi) is 4.11. The van der Waals surface area contributed by atoms with E-state index in [1.54, 1.807) is 11.3 Å². The zero-order valence-corrected chi connectivity index (χ0v) is 13.5. The minimum Gasteiger partial charge on any atom is -0.487 e. The lowest BCUT2D eigenvalue weighted by Crippen LogP contribution is -2.00. The van der Waals surface area contributed by atoms with Gasteiger partial charge in [0.25, 0.3) is 0 Å². The predicted molar refractivity (Wildman–Crippen MR) is 92.2 cm³/mol. The predicted octanol–water partition coefficient (Wildman–Crippen LogP) is 4.59. The van der Waals surface area contributed by atoms with Crippen molar-refractivity contribution in [2.45, 2.75) is 20.5 Å². The topological polar surface area (TPSA) is 48.1 Å². The molecule has 0 aliphatic heterocycles. The van der Waals surface area contributed by atoms with Crippen LogP contribution in [0.2, 0.25) is 0 Å². The van der Waals surface area contributed by atoms with E-state index < -0.39 is 0 Å². The number of nitrogens with zero attached hydrogens (tertiary/aromatic N) is 1. The minimum absolute atomic E-state index is 0.520. The lowest BCUT2D eigenvalue weighted by molar-refractivity contribution is 0.307. The van der Waals surface area contributed by atoms with E-state index in [0.29, 0.717) is 18.0 Å². The number of hydrogen-bond acceptors (Lipinski definition) is 4. The van der Waals surface area contributed by atoms with Gasteiger partial charge >= 0.3 is 0 Å². The summed E-state index contributed by atoms with van der Waals surface area (Å²) in [7, 11) is 0. The molecule has 1 aromatic heterocycles. The molecule has 4 heteroatoms. The van der Waals surface area contributed by atoms with Gasteiger partial charge in [-0.1, -0.05) is 24.3 Å². The Morgan fingerprint density at radius 2 is 1.95 bits per heavy atom. The maximum atomic E-state index is 6.12. The summed E-state index contributed by atoms with van der Waals surface area (Å²) < 4.78 is 5.86. The van der Waals surface area contributed by atoms with E-state index in [1.165, 1.54) is 11.1 Å². The van der Waals surface area contributed by atoms with Crippen LogP contribution in [0.4, 0.5) is 5.69 Å². The van der Waals surface area contributed by atoms with Crippen LogP contribution in [0.3, 0.4) is 0 Å². The van der Waals surface area contributed by atoms with E-state index >= 15 is 0 Å². The molecular formula is C18H18N2OS. The molecule has 2 aromatic carbocycles. The second kappa shape index (κ2) is 6.20. The molecule has 0 bridgehead atoms. The van der Waals surface area contributed by atoms with Gasteiger partial charge < -0.3 is 10.5 Å². The van der Waals surface area contributed by atoms with Gasteiger partial charge in [0, 0.05) is 10.9 Å². The molecule has 0 spiro atoms. The third-order valence-electron chi connectivity index (χ3n) is 3.57. The Morgan fingerprint density at radius 3 is 2.64 bits per heavy atom. The van der Waals surface area contributed by atoms with Crippen molar-refractivity contribution in [2.75, 3.05) is 5.73 Å². The molecule has 0 aliphatic carbocycles. The summed E-state index contributed by atoms with van der Waals surface area (Å²) in [6.45, 7) is 4.60. The average molecular weight is 310 g/mol. The number of aromatic nitrogens is 1. The number of nitrogens with two attached hydrogens (primary N) is 1. The third-order valence-corrected chi connectivity index (χ3v) is 4.34. The van der Waals surface area contributed by atoms with Gasteiger partial charge in [0.2, 0.25) is 0 Å². The Balaban J connectivity index is 1.77. The van der Waals surface area contributed by atoms with Crippen LogP contribution in [0.25, 0.3) is 11.3 Å². The Morgan fingerprint density at radius 1 is 1.14 bits per heavy atom. The quantitative estimate of drug-likeness (QED) is 0.717. The van der Waals surface area contributed by atoms with E-state index in [1.807, 2.05) is 42.6 Å². The molecule has 2 N–H and O–H groups in total. The first-order valence-electron chi connectivity index (χ1n) is 7.13. The molecule has 0 saturated carbocycles. The average Bonchev–Trinajstić information content (AvgIpc) is 2.94. The monoisotopic (exact) mass is 310 g/mol. The van der Waals surface area contributed by atoms with Crippen LogP contribution in [0.15, 0.2) is 47.8 Å². The van der Waals surface area contributed by atoms with Gasteiger partial charge in [-0.3, -0.25) is 0 Å². The second-order valence-corrected chi connectivity index (χ2v) is 6.28. The van der Waals surface area contributed by atoms with Crippen LogP contribution in [0.1, 0.15) is 16.1 Å². The third kappa shape index (κ3) is 3.12. The van der Waals surface area contributed by atoms with Crippen molar-refractivity contribution in [1.29, 1.82) is 0 Å². The number of benzene rings is 2. The molecule has 3 nitrogen and oxygen atoms in total. The number of ether oxygens (including phenoxy) is 1. The van der Waals surface area contributed by atoms with Gasteiger partial charge in [-0.25, -0.2) is 4.98 Å². The van der Waals surface area contributed by atoms with Crippen LogP contribution in [-0.4, -0.2) is 4.98 Å². The largest absolute Gasteiger partial charge is 0.487 e. The molecule has 0 aliphatic rings. The Hall–Kier alpha value is -2.33. The molecule has 0 radical (unpaired) electrons.